The van der Waals surface area contributed by atoms with Crippen molar-refractivity contribution in [3.05, 3.63) is 30.1 Å². The number of hydrogen-bond acceptors (Lipinski definition) is 2. The van der Waals surface area contributed by atoms with E-state index in [-0.39, 0.29) is 11.3 Å². The zero-order chi connectivity index (χ0) is 12.4. The molecule has 90 valence electrons. The van der Waals surface area contributed by atoms with E-state index in [1.54, 1.807) is 12.4 Å². The van der Waals surface area contributed by atoms with Gasteiger partial charge in [0.25, 0.3) is 0 Å². The molecule has 2 heteroatoms. The van der Waals surface area contributed by atoms with Gasteiger partial charge in [-0.25, -0.2) is 0 Å². The molecule has 0 radical (unpaired) electrons. The fourth-order valence-electron chi connectivity index (χ4n) is 2.09. The van der Waals surface area contributed by atoms with Crippen LogP contribution in [0.1, 0.15) is 46.6 Å². The first kappa shape index (κ1) is 13.2. The molecule has 2 nitrogen and oxygen atoms in total. The Bertz CT molecular complexity index is 326. The average molecular weight is 221 g/mol. The summed E-state index contributed by atoms with van der Waals surface area (Å²) in [6.07, 6.45) is 4.23. The molecule has 0 aliphatic heterocycles. The Morgan fingerprint density at radius 2 is 1.69 bits per heavy atom. The molecule has 16 heavy (non-hydrogen) atoms. The topological polar surface area (TPSA) is 33.1 Å². The quantitative estimate of drug-likeness (QED) is 0.849. The normalized spacial score (nSPS) is 16.2. The van der Waals surface area contributed by atoms with Crippen molar-refractivity contribution >= 4 is 0 Å². The molecule has 0 amide bonds. The number of aromatic nitrogens is 1. The molecule has 1 aromatic heterocycles. The van der Waals surface area contributed by atoms with Crippen molar-refractivity contribution < 1.29 is 5.11 Å². The van der Waals surface area contributed by atoms with Gasteiger partial charge in [-0.3, -0.25) is 4.98 Å². The van der Waals surface area contributed by atoms with Gasteiger partial charge in [0.2, 0.25) is 0 Å². The molecule has 0 aliphatic rings. The summed E-state index contributed by atoms with van der Waals surface area (Å²) in [6, 6.07) is 3.82. The molecule has 0 saturated carbocycles. The summed E-state index contributed by atoms with van der Waals surface area (Å²) in [4.78, 5) is 4.00. The van der Waals surface area contributed by atoms with Crippen molar-refractivity contribution in [1.29, 1.82) is 0 Å². The van der Waals surface area contributed by atoms with Gasteiger partial charge in [-0.05, 0) is 35.4 Å². The van der Waals surface area contributed by atoms with Crippen LogP contribution in [-0.4, -0.2) is 10.1 Å². The van der Waals surface area contributed by atoms with E-state index in [2.05, 4.69) is 39.6 Å². The highest BCUT2D eigenvalue weighted by atomic mass is 16.3. The summed E-state index contributed by atoms with van der Waals surface area (Å²) in [7, 11) is 0. The summed E-state index contributed by atoms with van der Waals surface area (Å²) in [5.74, 6) is 0.189. The number of pyridine rings is 1. The standard InChI is InChI=1S/C14H23NO/c1-11(2)14(16,10-13(3,4)5)12-6-8-15-9-7-12/h6-9,11,16H,10H2,1-5H3. The van der Waals surface area contributed by atoms with Crippen molar-refractivity contribution in [3.8, 4) is 0 Å². The Labute approximate surface area is 98.7 Å². The van der Waals surface area contributed by atoms with Gasteiger partial charge in [0, 0.05) is 12.4 Å². The summed E-state index contributed by atoms with van der Waals surface area (Å²) in [5, 5.41) is 10.9. The van der Waals surface area contributed by atoms with Crippen LogP contribution in [0.5, 0.6) is 0 Å². The fourth-order valence-corrected chi connectivity index (χ4v) is 2.09. The lowest BCUT2D eigenvalue weighted by Gasteiger charge is -2.38. The van der Waals surface area contributed by atoms with E-state index in [1.807, 2.05) is 12.1 Å². The van der Waals surface area contributed by atoms with Gasteiger partial charge in [0.15, 0.2) is 0 Å². The molecule has 0 aliphatic carbocycles. The molecular weight excluding hydrogens is 198 g/mol. The van der Waals surface area contributed by atoms with Crippen LogP contribution >= 0.6 is 0 Å². The van der Waals surface area contributed by atoms with Gasteiger partial charge < -0.3 is 5.11 Å². The SMILES string of the molecule is CC(C)C(O)(CC(C)(C)C)c1ccncc1. The Morgan fingerprint density at radius 3 is 2.06 bits per heavy atom. The van der Waals surface area contributed by atoms with E-state index in [0.29, 0.717) is 0 Å². The summed E-state index contributed by atoms with van der Waals surface area (Å²) >= 11 is 0. The second kappa shape index (κ2) is 4.54. The van der Waals surface area contributed by atoms with Gasteiger partial charge in [-0.2, -0.15) is 0 Å². The number of rotatable bonds is 3. The highest BCUT2D eigenvalue weighted by molar-refractivity contribution is 5.20. The molecule has 1 atom stereocenters. The van der Waals surface area contributed by atoms with E-state index in [9.17, 15) is 5.11 Å². The largest absolute Gasteiger partial charge is 0.385 e. The third-order valence-electron chi connectivity index (χ3n) is 2.94. The van der Waals surface area contributed by atoms with Crippen LogP contribution in [0, 0.1) is 11.3 Å². The monoisotopic (exact) mass is 221 g/mol. The Balaban J connectivity index is 3.08. The predicted octanol–water partition coefficient (Wildman–Crippen LogP) is 3.36. The lowest BCUT2D eigenvalue weighted by molar-refractivity contribution is -0.0443. The first-order chi connectivity index (χ1) is 7.26. The van der Waals surface area contributed by atoms with Crippen LogP contribution in [0.3, 0.4) is 0 Å². The van der Waals surface area contributed by atoms with Crippen molar-refractivity contribution in [2.75, 3.05) is 0 Å². The van der Waals surface area contributed by atoms with Crippen LogP contribution in [0.15, 0.2) is 24.5 Å². The van der Waals surface area contributed by atoms with Gasteiger partial charge >= 0.3 is 0 Å². The average Bonchev–Trinajstić information content (AvgIpc) is 2.16. The molecule has 0 saturated heterocycles. The van der Waals surface area contributed by atoms with Crippen molar-refractivity contribution in [1.82, 2.24) is 4.98 Å². The number of aliphatic hydroxyl groups is 1. The van der Waals surface area contributed by atoms with Crippen LogP contribution in [0.2, 0.25) is 0 Å². The van der Waals surface area contributed by atoms with E-state index in [4.69, 9.17) is 0 Å². The lowest BCUT2D eigenvalue weighted by atomic mass is 9.73. The molecule has 1 unspecified atom stereocenters. The molecular formula is C14H23NO. The second-order valence-electron chi connectivity index (χ2n) is 6.05. The highest BCUT2D eigenvalue weighted by Gasteiger charge is 2.36. The van der Waals surface area contributed by atoms with Crippen molar-refractivity contribution in [3.63, 3.8) is 0 Å². The molecule has 1 rings (SSSR count). The van der Waals surface area contributed by atoms with E-state index in [0.717, 1.165) is 12.0 Å². The Hall–Kier alpha value is -0.890. The lowest BCUT2D eigenvalue weighted by Crippen LogP contribution is -2.36. The number of hydrogen-bond donors (Lipinski definition) is 1. The van der Waals surface area contributed by atoms with Crippen LogP contribution in [0.4, 0.5) is 0 Å². The third-order valence-corrected chi connectivity index (χ3v) is 2.94. The smallest absolute Gasteiger partial charge is 0.0925 e. The van der Waals surface area contributed by atoms with Gasteiger partial charge in [0.1, 0.15) is 0 Å². The first-order valence-electron chi connectivity index (χ1n) is 5.88. The molecule has 0 fully saturated rings. The van der Waals surface area contributed by atoms with Crippen LogP contribution < -0.4 is 0 Å². The predicted molar refractivity (Wildman–Crippen MR) is 67.0 cm³/mol. The fraction of sp³-hybridized carbons (Fsp3) is 0.643. The molecule has 0 spiro atoms. The van der Waals surface area contributed by atoms with E-state index >= 15 is 0 Å². The zero-order valence-electron chi connectivity index (χ0n) is 11.0. The second-order valence-corrected chi connectivity index (χ2v) is 6.05. The minimum Gasteiger partial charge on any atom is -0.385 e. The molecule has 0 aromatic carbocycles. The third kappa shape index (κ3) is 3.05. The molecule has 0 bridgehead atoms. The highest BCUT2D eigenvalue weighted by Crippen LogP contribution is 2.39. The molecule has 1 aromatic rings. The van der Waals surface area contributed by atoms with E-state index < -0.39 is 5.60 Å². The summed E-state index contributed by atoms with van der Waals surface area (Å²) < 4.78 is 0. The molecule has 1 N–H and O–H groups in total. The van der Waals surface area contributed by atoms with Gasteiger partial charge in [0.05, 0.1) is 5.60 Å². The van der Waals surface area contributed by atoms with Gasteiger partial charge in [-0.1, -0.05) is 34.6 Å². The van der Waals surface area contributed by atoms with Crippen LogP contribution in [-0.2, 0) is 5.60 Å². The van der Waals surface area contributed by atoms with Crippen LogP contribution in [0.25, 0.3) is 0 Å². The van der Waals surface area contributed by atoms with Crippen molar-refractivity contribution in [2.24, 2.45) is 11.3 Å². The molecule has 1 heterocycles. The zero-order valence-corrected chi connectivity index (χ0v) is 11.0. The number of nitrogens with zero attached hydrogens (tertiary/aromatic N) is 1. The Kier molecular flexibility index (Phi) is 3.74. The minimum atomic E-state index is -0.763. The summed E-state index contributed by atoms with van der Waals surface area (Å²) in [6.45, 7) is 10.6. The van der Waals surface area contributed by atoms with E-state index in [1.165, 1.54) is 0 Å². The maximum atomic E-state index is 10.9. The minimum absolute atomic E-state index is 0.0995. The van der Waals surface area contributed by atoms with Gasteiger partial charge in [-0.15, -0.1) is 0 Å². The maximum Gasteiger partial charge on any atom is 0.0925 e. The van der Waals surface area contributed by atoms with Crippen molar-refractivity contribution in [2.45, 2.75) is 46.6 Å². The summed E-state index contributed by atoms with van der Waals surface area (Å²) in [5.41, 5.74) is 0.302. The maximum absolute atomic E-state index is 10.9. The Morgan fingerprint density at radius 1 is 1.19 bits per heavy atom. The first-order valence-corrected chi connectivity index (χ1v) is 5.88.